The van der Waals surface area contributed by atoms with Gasteiger partial charge < -0.3 is 6.15 Å². The number of aromatic nitrogens is 2. The first-order valence-electron chi connectivity index (χ1n) is 4.54. The van der Waals surface area contributed by atoms with Crippen molar-refractivity contribution in [2.24, 2.45) is 0 Å². The molecule has 15 heavy (non-hydrogen) atoms. The summed E-state index contributed by atoms with van der Waals surface area (Å²) in [5.41, 5.74) is 2.92. The van der Waals surface area contributed by atoms with Crippen LogP contribution in [0.2, 0.25) is 0 Å². The zero-order valence-corrected chi connectivity index (χ0v) is 8.22. The van der Waals surface area contributed by atoms with Crippen molar-refractivity contribution in [3.63, 3.8) is 0 Å². The van der Waals surface area contributed by atoms with Crippen LogP contribution in [-0.4, -0.2) is 9.97 Å². The Kier molecular flexibility index (Phi) is 2.31. The van der Waals surface area contributed by atoms with Crippen molar-refractivity contribution in [3.8, 4) is 0 Å². The van der Waals surface area contributed by atoms with E-state index in [-0.39, 0.29) is 6.15 Å². The first kappa shape index (κ1) is 9.55. The van der Waals surface area contributed by atoms with E-state index in [0.29, 0.717) is 0 Å². The molecule has 0 aliphatic rings. The fourth-order valence-electron chi connectivity index (χ4n) is 1.60. The molecule has 0 aliphatic carbocycles. The maximum absolute atomic E-state index is 4.52. The molecule has 0 bridgehead atoms. The SMILES string of the molecule is N.c1ccc2nc3cccnc3cc2c1. The molecule has 2 aromatic heterocycles. The van der Waals surface area contributed by atoms with Gasteiger partial charge in [0.1, 0.15) is 0 Å². The molecule has 0 atom stereocenters. The lowest BCUT2D eigenvalue weighted by Gasteiger charge is -1.99. The van der Waals surface area contributed by atoms with Gasteiger partial charge in [-0.1, -0.05) is 18.2 Å². The molecule has 3 nitrogen and oxygen atoms in total. The minimum absolute atomic E-state index is 0. The van der Waals surface area contributed by atoms with E-state index in [1.54, 1.807) is 6.20 Å². The Morgan fingerprint density at radius 2 is 1.60 bits per heavy atom. The molecule has 0 fully saturated rings. The third-order valence-electron chi connectivity index (χ3n) is 2.29. The summed E-state index contributed by atoms with van der Waals surface area (Å²) in [5.74, 6) is 0. The van der Waals surface area contributed by atoms with Crippen molar-refractivity contribution in [1.82, 2.24) is 16.1 Å². The monoisotopic (exact) mass is 197 g/mol. The van der Waals surface area contributed by atoms with Gasteiger partial charge in [0.15, 0.2) is 0 Å². The molecular formula is C12H11N3. The topological polar surface area (TPSA) is 60.8 Å². The van der Waals surface area contributed by atoms with E-state index < -0.39 is 0 Å². The quantitative estimate of drug-likeness (QED) is 0.563. The average molecular weight is 197 g/mol. The van der Waals surface area contributed by atoms with Crippen LogP contribution in [0, 0.1) is 0 Å². The molecule has 0 spiro atoms. The van der Waals surface area contributed by atoms with Gasteiger partial charge in [-0.3, -0.25) is 4.98 Å². The van der Waals surface area contributed by atoms with E-state index in [1.165, 1.54) is 0 Å². The van der Waals surface area contributed by atoms with Crippen LogP contribution >= 0.6 is 0 Å². The molecule has 1 aromatic carbocycles. The Balaban J connectivity index is 0.000000853. The van der Waals surface area contributed by atoms with Crippen LogP contribution in [0.4, 0.5) is 0 Å². The van der Waals surface area contributed by atoms with Crippen LogP contribution in [0.5, 0.6) is 0 Å². The summed E-state index contributed by atoms with van der Waals surface area (Å²) in [5, 5.41) is 1.14. The van der Waals surface area contributed by atoms with Crippen LogP contribution < -0.4 is 6.15 Å². The molecule has 0 aliphatic heterocycles. The van der Waals surface area contributed by atoms with Gasteiger partial charge >= 0.3 is 0 Å². The molecular weight excluding hydrogens is 186 g/mol. The Bertz CT molecular complexity index is 500. The van der Waals surface area contributed by atoms with E-state index in [9.17, 15) is 0 Å². The summed E-state index contributed by atoms with van der Waals surface area (Å²) in [4.78, 5) is 8.78. The highest BCUT2D eigenvalue weighted by Gasteiger charge is 1.97. The first-order valence-corrected chi connectivity index (χ1v) is 4.54. The second-order valence-electron chi connectivity index (χ2n) is 3.22. The van der Waals surface area contributed by atoms with Crippen molar-refractivity contribution >= 4 is 21.9 Å². The van der Waals surface area contributed by atoms with Gasteiger partial charge in [-0.15, -0.1) is 0 Å². The molecule has 74 valence electrons. The van der Waals surface area contributed by atoms with Crippen LogP contribution in [-0.2, 0) is 0 Å². The Labute approximate surface area is 87.4 Å². The second-order valence-corrected chi connectivity index (χ2v) is 3.22. The van der Waals surface area contributed by atoms with Gasteiger partial charge in [-0.25, -0.2) is 4.98 Å². The van der Waals surface area contributed by atoms with Gasteiger partial charge in [0, 0.05) is 11.6 Å². The summed E-state index contributed by atoms with van der Waals surface area (Å²) in [6, 6.07) is 14.0. The van der Waals surface area contributed by atoms with Gasteiger partial charge in [0.2, 0.25) is 0 Å². The van der Waals surface area contributed by atoms with Crippen molar-refractivity contribution < 1.29 is 0 Å². The highest BCUT2D eigenvalue weighted by molar-refractivity contribution is 5.90. The summed E-state index contributed by atoms with van der Waals surface area (Å²) >= 11 is 0. The van der Waals surface area contributed by atoms with Crippen LogP contribution in [0.15, 0.2) is 48.7 Å². The predicted molar refractivity (Wildman–Crippen MR) is 62.1 cm³/mol. The van der Waals surface area contributed by atoms with E-state index in [2.05, 4.69) is 22.1 Å². The van der Waals surface area contributed by atoms with Crippen molar-refractivity contribution in [2.75, 3.05) is 0 Å². The van der Waals surface area contributed by atoms with Crippen LogP contribution in [0.3, 0.4) is 0 Å². The zero-order chi connectivity index (χ0) is 9.38. The number of para-hydroxylation sites is 1. The van der Waals surface area contributed by atoms with E-state index in [1.807, 2.05) is 30.3 Å². The van der Waals surface area contributed by atoms with Crippen LogP contribution in [0.25, 0.3) is 21.9 Å². The average Bonchev–Trinajstić information content (AvgIpc) is 2.26. The smallest absolute Gasteiger partial charge is 0.0894 e. The molecule has 0 saturated carbocycles. The van der Waals surface area contributed by atoms with Crippen molar-refractivity contribution in [3.05, 3.63) is 48.7 Å². The van der Waals surface area contributed by atoms with Gasteiger partial charge in [0.05, 0.1) is 16.6 Å². The predicted octanol–water partition coefficient (Wildman–Crippen LogP) is 2.95. The molecule has 3 aromatic rings. The number of hydrogen-bond acceptors (Lipinski definition) is 3. The first-order chi connectivity index (χ1) is 6.93. The zero-order valence-electron chi connectivity index (χ0n) is 8.22. The number of pyridine rings is 2. The standard InChI is InChI=1S/C12H8N2.H3N/c1-2-5-10-9(4-1)8-12-11(14-10)6-3-7-13-12;/h1-8H;1H3. The van der Waals surface area contributed by atoms with E-state index in [0.717, 1.165) is 21.9 Å². The number of rotatable bonds is 0. The van der Waals surface area contributed by atoms with E-state index in [4.69, 9.17) is 0 Å². The normalized spacial score (nSPS) is 10.1. The highest BCUT2D eigenvalue weighted by atomic mass is 14.7. The molecule has 3 N–H and O–H groups in total. The molecule has 0 unspecified atom stereocenters. The summed E-state index contributed by atoms with van der Waals surface area (Å²) < 4.78 is 0. The number of benzene rings is 1. The molecule has 0 radical (unpaired) electrons. The summed E-state index contributed by atoms with van der Waals surface area (Å²) in [6.45, 7) is 0. The highest BCUT2D eigenvalue weighted by Crippen LogP contribution is 2.16. The summed E-state index contributed by atoms with van der Waals surface area (Å²) in [7, 11) is 0. The number of fused-ring (bicyclic) bond motifs is 2. The Hall–Kier alpha value is -2.00. The van der Waals surface area contributed by atoms with Gasteiger partial charge in [-0.05, 0) is 24.3 Å². The van der Waals surface area contributed by atoms with Crippen molar-refractivity contribution in [2.45, 2.75) is 0 Å². The Morgan fingerprint density at radius 3 is 2.53 bits per heavy atom. The molecule has 3 heteroatoms. The number of nitrogens with zero attached hydrogens (tertiary/aromatic N) is 2. The second kappa shape index (κ2) is 3.63. The fourth-order valence-corrected chi connectivity index (χ4v) is 1.60. The third-order valence-corrected chi connectivity index (χ3v) is 2.29. The molecule has 0 saturated heterocycles. The number of hydrogen-bond donors (Lipinski definition) is 1. The maximum atomic E-state index is 4.52. The minimum atomic E-state index is 0. The van der Waals surface area contributed by atoms with Gasteiger partial charge in [0.25, 0.3) is 0 Å². The lowest BCUT2D eigenvalue weighted by Crippen LogP contribution is -1.83. The minimum Gasteiger partial charge on any atom is -0.344 e. The molecule has 2 heterocycles. The molecule has 0 amide bonds. The lowest BCUT2D eigenvalue weighted by atomic mass is 10.2. The third kappa shape index (κ3) is 1.53. The fraction of sp³-hybridized carbons (Fsp3) is 0. The van der Waals surface area contributed by atoms with Crippen LogP contribution in [0.1, 0.15) is 0 Å². The summed E-state index contributed by atoms with van der Waals surface area (Å²) in [6.07, 6.45) is 1.79. The van der Waals surface area contributed by atoms with Crippen molar-refractivity contribution in [1.29, 1.82) is 0 Å². The Morgan fingerprint density at radius 1 is 0.800 bits per heavy atom. The largest absolute Gasteiger partial charge is 0.344 e. The van der Waals surface area contributed by atoms with E-state index >= 15 is 0 Å². The maximum Gasteiger partial charge on any atom is 0.0894 e. The molecule has 3 rings (SSSR count). The lowest BCUT2D eigenvalue weighted by molar-refractivity contribution is 1.38. The van der Waals surface area contributed by atoms with Gasteiger partial charge in [-0.2, -0.15) is 0 Å².